The Balaban J connectivity index is 2.07. The van der Waals surface area contributed by atoms with E-state index in [0.29, 0.717) is 51.0 Å². The zero-order valence-electron chi connectivity index (χ0n) is 18.4. The van der Waals surface area contributed by atoms with E-state index in [1.165, 1.54) is 0 Å². The summed E-state index contributed by atoms with van der Waals surface area (Å²) in [6, 6.07) is 0.145. The molecule has 1 fully saturated rings. The maximum Gasteiger partial charge on any atom is 0.220 e. The number of Topliss-reactive ketones (excluding diaryl/α,β-unsaturated/α-hetero) is 1. The Kier molecular flexibility index (Phi) is 12.2. The van der Waals surface area contributed by atoms with Crippen molar-refractivity contribution in [1.29, 1.82) is 0 Å². The van der Waals surface area contributed by atoms with Crippen molar-refractivity contribution in [3.8, 4) is 0 Å². The average molecular weight is 410 g/mol. The zero-order chi connectivity index (χ0) is 21.6. The van der Waals surface area contributed by atoms with E-state index in [1.54, 1.807) is 0 Å². The summed E-state index contributed by atoms with van der Waals surface area (Å²) in [5, 5.41) is 8.63. The van der Waals surface area contributed by atoms with Crippen molar-refractivity contribution < 1.29 is 19.2 Å². The number of nitrogens with one attached hydrogen (secondary N) is 3. The van der Waals surface area contributed by atoms with Crippen LogP contribution in [0, 0.1) is 11.8 Å². The Morgan fingerprint density at radius 1 is 0.793 bits per heavy atom. The van der Waals surface area contributed by atoms with Gasteiger partial charge in [-0.1, -0.05) is 20.8 Å². The first-order valence-electron chi connectivity index (χ1n) is 11.2. The molecule has 1 aliphatic carbocycles. The molecule has 29 heavy (non-hydrogen) atoms. The van der Waals surface area contributed by atoms with Crippen molar-refractivity contribution in [3.05, 3.63) is 0 Å². The van der Waals surface area contributed by atoms with Crippen molar-refractivity contribution in [3.63, 3.8) is 0 Å². The lowest BCUT2D eigenvalue weighted by atomic mass is 9.80. The number of hydrogen-bond donors (Lipinski definition) is 3. The fourth-order valence-electron chi connectivity index (χ4n) is 3.62. The minimum absolute atomic E-state index is 0.0142. The molecule has 0 aromatic carbocycles. The SMILES string of the molecule is CCCNC(=O)CCCNC(=O)CCCC(=O)NC1CCC(C(=O)C(C)C)CC1. The maximum atomic E-state index is 12.1. The molecule has 7 heteroatoms. The van der Waals surface area contributed by atoms with Crippen LogP contribution in [0.2, 0.25) is 0 Å². The van der Waals surface area contributed by atoms with Crippen LogP contribution in [0.25, 0.3) is 0 Å². The molecule has 0 bridgehead atoms. The molecule has 0 atom stereocenters. The number of carbonyl (C=O) groups excluding carboxylic acids is 4. The van der Waals surface area contributed by atoms with E-state index in [1.807, 2.05) is 20.8 Å². The van der Waals surface area contributed by atoms with Gasteiger partial charge in [-0.15, -0.1) is 0 Å². The predicted molar refractivity (Wildman–Crippen MR) is 113 cm³/mol. The van der Waals surface area contributed by atoms with Gasteiger partial charge in [-0.3, -0.25) is 19.2 Å². The van der Waals surface area contributed by atoms with E-state index >= 15 is 0 Å². The standard InChI is InChI=1S/C22H39N3O4/c1-4-14-23-20(27)9-6-15-24-19(26)7-5-8-21(28)25-18-12-10-17(11-13-18)22(29)16(2)3/h16-18H,4-15H2,1-3H3,(H,23,27)(H,24,26)(H,25,28). The van der Waals surface area contributed by atoms with E-state index in [0.717, 1.165) is 32.1 Å². The van der Waals surface area contributed by atoms with E-state index in [9.17, 15) is 19.2 Å². The van der Waals surface area contributed by atoms with Gasteiger partial charge in [0, 0.05) is 50.2 Å². The quantitative estimate of drug-likeness (QED) is 0.407. The van der Waals surface area contributed by atoms with Crippen LogP contribution in [0.15, 0.2) is 0 Å². The number of hydrogen-bond acceptors (Lipinski definition) is 4. The molecule has 0 aromatic heterocycles. The first-order chi connectivity index (χ1) is 13.8. The Labute approximate surface area is 175 Å². The van der Waals surface area contributed by atoms with Crippen molar-refractivity contribution in [2.24, 2.45) is 11.8 Å². The van der Waals surface area contributed by atoms with Crippen LogP contribution < -0.4 is 16.0 Å². The maximum absolute atomic E-state index is 12.1. The molecule has 3 N–H and O–H groups in total. The summed E-state index contributed by atoms with van der Waals surface area (Å²) >= 11 is 0. The molecule has 1 aliphatic rings. The molecular formula is C22H39N3O4. The zero-order valence-corrected chi connectivity index (χ0v) is 18.4. The molecule has 0 radical (unpaired) electrons. The Hall–Kier alpha value is -1.92. The molecule has 7 nitrogen and oxygen atoms in total. The van der Waals surface area contributed by atoms with Crippen LogP contribution in [0.4, 0.5) is 0 Å². The second-order valence-electron chi connectivity index (χ2n) is 8.33. The Morgan fingerprint density at radius 3 is 1.93 bits per heavy atom. The summed E-state index contributed by atoms with van der Waals surface area (Å²) in [7, 11) is 0. The van der Waals surface area contributed by atoms with E-state index in [-0.39, 0.29) is 35.6 Å². The van der Waals surface area contributed by atoms with Crippen molar-refractivity contribution in [2.75, 3.05) is 13.1 Å². The summed E-state index contributed by atoms with van der Waals surface area (Å²) in [6.07, 6.45) is 6.48. The predicted octanol–water partition coefficient (Wildman–Crippen LogP) is 2.48. The van der Waals surface area contributed by atoms with E-state index in [2.05, 4.69) is 16.0 Å². The second-order valence-corrected chi connectivity index (χ2v) is 8.33. The van der Waals surface area contributed by atoms with Gasteiger partial charge in [0.1, 0.15) is 5.78 Å². The molecule has 0 heterocycles. The van der Waals surface area contributed by atoms with Crippen LogP contribution in [-0.4, -0.2) is 42.6 Å². The fourth-order valence-corrected chi connectivity index (χ4v) is 3.62. The van der Waals surface area contributed by atoms with Gasteiger partial charge in [0.05, 0.1) is 0 Å². The molecule has 0 aliphatic heterocycles. The molecule has 0 saturated heterocycles. The fraction of sp³-hybridized carbons (Fsp3) is 0.818. The molecule has 0 spiro atoms. The van der Waals surface area contributed by atoms with Crippen molar-refractivity contribution in [2.45, 2.75) is 91.0 Å². The second kappa shape index (κ2) is 14.1. The highest BCUT2D eigenvalue weighted by molar-refractivity contribution is 5.83. The van der Waals surface area contributed by atoms with Gasteiger partial charge in [-0.25, -0.2) is 0 Å². The molecule has 0 unspecified atom stereocenters. The number of amides is 3. The van der Waals surface area contributed by atoms with Gasteiger partial charge >= 0.3 is 0 Å². The highest BCUT2D eigenvalue weighted by Crippen LogP contribution is 2.27. The monoisotopic (exact) mass is 409 g/mol. The van der Waals surface area contributed by atoms with Crippen LogP contribution in [0.3, 0.4) is 0 Å². The summed E-state index contributed by atoms with van der Waals surface area (Å²) in [5.41, 5.74) is 0. The average Bonchev–Trinajstić information content (AvgIpc) is 2.69. The third-order valence-electron chi connectivity index (χ3n) is 5.35. The Bertz CT molecular complexity index is 540. The molecule has 3 amide bonds. The minimum atomic E-state index is -0.0838. The van der Waals surface area contributed by atoms with Crippen molar-refractivity contribution >= 4 is 23.5 Å². The summed E-state index contributed by atoms with van der Waals surface area (Å²) in [6.45, 7) is 7.04. The number of ketones is 1. The third-order valence-corrected chi connectivity index (χ3v) is 5.35. The molecule has 1 saturated carbocycles. The molecule has 166 valence electrons. The Morgan fingerprint density at radius 2 is 1.34 bits per heavy atom. The van der Waals surface area contributed by atoms with Gasteiger partial charge in [0.2, 0.25) is 17.7 Å². The summed E-state index contributed by atoms with van der Waals surface area (Å²) < 4.78 is 0. The lowest BCUT2D eigenvalue weighted by Gasteiger charge is -2.29. The summed E-state index contributed by atoms with van der Waals surface area (Å²) in [4.78, 5) is 47.4. The van der Waals surface area contributed by atoms with Crippen LogP contribution >= 0.6 is 0 Å². The molecular weight excluding hydrogens is 370 g/mol. The van der Waals surface area contributed by atoms with E-state index in [4.69, 9.17) is 0 Å². The van der Waals surface area contributed by atoms with Gasteiger partial charge in [0.15, 0.2) is 0 Å². The molecule has 0 aromatic rings. The highest BCUT2D eigenvalue weighted by Gasteiger charge is 2.28. The topological polar surface area (TPSA) is 104 Å². The van der Waals surface area contributed by atoms with Gasteiger partial charge in [0.25, 0.3) is 0 Å². The lowest BCUT2D eigenvalue weighted by molar-refractivity contribution is -0.127. The summed E-state index contributed by atoms with van der Waals surface area (Å²) in [5.74, 6) is 0.464. The van der Waals surface area contributed by atoms with E-state index < -0.39 is 0 Å². The van der Waals surface area contributed by atoms with Crippen LogP contribution in [0.1, 0.15) is 85.0 Å². The van der Waals surface area contributed by atoms with Crippen LogP contribution in [0.5, 0.6) is 0 Å². The largest absolute Gasteiger partial charge is 0.356 e. The first-order valence-corrected chi connectivity index (χ1v) is 11.2. The lowest BCUT2D eigenvalue weighted by Crippen LogP contribution is -2.39. The molecule has 1 rings (SSSR count). The smallest absolute Gasteiger partial charge is 0.220 e. The van der Waals surface area contributed by atoms with Crippen LogP contribution in [-0.2, 0) is 19.2 Å². The number of carbonyl (C=O) groups is 4. The van der Waals surface area contributed by atoms with Gasteiger partial charge in [-0.2, -0.15) is 0 Å². The minimum Gasteiger partial charge on any atom is -0.356 e. The number of rotatable bonds is 13. The van der Waals surface area contributed by atoms with Gasteiger partial charge < -0.3 is 16.0 Å². The normalized spacial score (nSPS) is 18.9. The first kappa shape index (κ1) is 25.1. The highest BCUT2D eigenvalue weighted by atomic mass is 16.2. The van der Waals surface area contributed by atoms with Crippen molar-refractivity contribution in [1.82, 2.24) is 16.0 Å². The van der Waals surface area contributed by atoms with Gasteiger partial charge in [-0.05, 0) is 44.9 Å². The third kappa shape index (κ3) is 11.0.